The van der Waals surface area contributed by atoms with E-state index in [2.05, 4.69) is 39.1 Å². The van der Waals surface area contributed by atoms with Crippen LogP contribution in [0.4, 0.5) is 5.82 Å². The summed E-state index contributed by atoms with van der Waals surface area (Å²) in [5, 5.41) is 0.447. The van der Waals surface area contributed by atoms with Crippen LogP contribution in [0.5, 0.6) is 0 Å². The minimum absolute atomic E-state index is 0.327. The molecule has 1 aromatic carbocycles. The number of hydrogen-bond acceptors (Lipinski definition) is 3. The van der Waals surface area contributed by atoms with Gasteiger partial charge in [0.15, 0.2) is 0 Å². The monoisotopic (exact) mass is 307 g/mol. The lowest BCUT2D eigenvalue weighted by atomic mass is 10.0. The summed E-state index contributed by atoms with van der Waals surface area (Å²) in [6, 6.07) is 8.56. The van der Waals surface area contributed by atoms with Gasteiger partial charge in [0.2, 0.25) is 0 Å². The van der Waals surface area contributed by atoms with Crippen LogP contribution in [0.25, 0.3) is 0 Å². The van der Waals surface area contributed by atoms with E-state index < -0.39 is 0 Å². The molecule has 1 aromatic heterocycles. The van der Waals surface area contributed by atoms with Gasteiger partial charge in [-0.05, 0) is 24.0 Å². The van der Waals surface area contributed by atoms with Crippen LogP contribution in [-0.4, -0.2) is 16.5 Å². The predicted molar refractivity (Wildman–Crippen MR) is 82.4 cm³/mol. The van der Waals surface area contributed by atoms with Gasteiger partial charge in [-0.2, -0.15) is 0 Å². The van der Waals surface area contributed by atoms with E-state index in [1.807, 2.05) is 0 Å². The molecular weight excluding hydrogens is 293 g/mol. The molecule has 0 saturated carbocycles. The average Bonchev–Trinajstić information content (AvgIpc) is 2.69. The van der Waals surface area contributed by atoms with Gasteiger partial charge in [-0.1, -0.05) is 35.9 Å². The summed E-state index contributed by atoms with van der Waals surface area (Å²) in [5.41, 5.74) is 3.58. The van der Waals surface area contributed by atoms with Crippen LogP contribution in [0, 0.1) is 0 Å². The number of nitrogens with zero attached hydrogens (tertiary/aromatic N) is 3. The molecule has 3 rings (SSSR count). The van der Waals surface area contributed by atoms with E-state index in [-0.39, 0.29) is 0 Å². The zero-order valence-corrected chi connectivity index (χ0v) is 12.5. The maximum absolute atomic E-state index is 6.13. The Hall–Kier alpha value is -1.32. The van der Waals surface area contributed by atoms with Crippen LogP contribution in [0.2, 0.25) is 5.15 Å². The van der Waals surface area contributed by atoms with Crippen molar-refractivity contribution in [3.05, 3.63) is 52.4 Å². The number of fused-ring (bicyclic) bond motifs is 1. The molecule has 0 saturated heterocycles. The number of aryl methyl sites for hydroxylation is 1. The van der Waals surface area contributed by atoms with Crippen molar-refractivity contribution in [2.24, 2.45) is 0 Å². The van der Waals surface area contributed by atoms with Gasteiger partial charge in [-0.3, -0.25) is 0 Å². The van der Waals surface area contributed by atoms with Crippen molar-refractivity contribution in [1.82, 2.24) is 9.97 Å². The Kier molecular flexibility index (Phi) is 4.08. The predicted octanol–water partition coefficient (Wildman–Crippen LogP) is 3.82. The summed E-state index contributed by atoms with van der Waals surface area (Å²) in [6.07, 6.45) is 3.70. The van der Waals surface area contributed by atoms with E-state index in [0.717, 1.165) is 37.3 Å². The van der Waals surface area contributed by atoms with E-state index in [4.69, 9.17) is 23.2 Å². The van der Waals surface area contributed by atoms with Gasteiger partial charge in [0, 0.05) is 18.7 Å². The fraction of sp³-hybridized carbons (Fsp3) is 0.333. The Morgan fingerprint density at radius 1 is 1.15 bits per heavy atom. The molecule has 1 aliphatic rings. The van der Waals surface area contributed by atoms with Crippen molar-refractivity contribution < 1.29 is 0 Å². The third-order valence-electron chi connectivity index (χ3n) is 3.66. The van der Waals surface area contributed by atoms with Crippen LogP contribution in [0.1, 0.15) is 23.1 Å². The third kappa shape index (κ3) is 2.60. The van der Waals surface area contributed by atoms with Gasteiger partial charge in [-0.15, -0.1) is 11.6 Å². The lowest BCUT2D eigenvalue weighted by molar-refractivity contribution is 0.748. The molecule has 0 amide bonds. The highest BCUT2D eigenvalue weighted by Gasteiger charge is 2.19. The van der Waals surface area contributed by atoms with Gasteiger partial charge in [0.1, 0.15) is 17.3 Å². The van der Waals surface area contributed by atoms with Crippen molar-refractivity contribution in [1.29, 1.82) is 0 Å². The van der Waals surface area contributed by atoms with E-state index in [1.165, 1.54) is 17.5 Å². The Morgan fingerprint density at radius 2 is 1.95 bits per heavy atom. The van der Waals surface area contributed by atoms with Gasteiger partial charge < -0.3 is 4.90 Å². The van der Waals surface area contributed by atoms with Crippen molar-refractivity contribution in [2.45, 2.75) is 25.3 Å². The first-order valence-electron chi connectivity index (χ1n) is 6.66. The standard InChI is InChI=1S/C15H15Cl2N3/c16-8-13-14(17)18-10-19-15(13)20-7-3-6-11-4-1-2-5-12(11)9-20/h1-2,4-5,10H,3,6-9H2. The molecule has 20 heavy (non-hydrogen) atoms. The molecule has 0 atom stereocenters. The summed E-state index contributed by atoms with van der Waals surface area (Å²) < 4.78 is 0. The first-order chi connectivity index (χ1) is 9.79. The van der Waals surface area contributed by atoms with Gasteiger partial charge in [-0.25, -0.2) is 9.97 Å². The van der Waals surface area contributed by atoms with Crippen molar-refractivity contribution in [3.63, 3.8) is 0 Å². The fourth-order valence-corrected chi connectivity index (χ4v) is 3.16. The van der Waals surface area contributed by atoms with E-state index in [9.17, 15) is 0 Å². The topological polar surface area (TPSA) is 29.0 Å². The molecular formula is C15H15Cl2N3. The van der Waals surface area contributed by atoms with Gasteiger partial charge in [0.25, 0.3) is 0 Å². The molecule has 0 unspecified atom stereocenters. The molecule has 0 N–H and O–H groups in total. The highest BCUT2D eigenvalue weighted by Crippen LogP contribution is 2.28. The summed E-state index contributed by atoms with van der Waals surface area (Å²) in [5.74, 6) is 1.18. The highest BCUT2D eigenvalue weighted by atomic mass is 35.5. The Morgan fingerprint density at radius 3 is 2.75 bits per heavy atom. The maximum Gasteiger partial charge on any atom is 0.138 e. The largest absolute Gasteiger partial charge is 0.352 e. The summed E-state index contributed by atoms with van der Waals surface area (Å²) in [4.78, 5) is 10.7. The van der Waals surface area contributed by atoms with E-state index >= 15 is 0 Å². The minimum atomic E-state index is 0.327. The second-order valence-electron chi connectivity index (χ2n) is 4.89. The smallest absolute Gasteiger partial charge is 0.138 e. The van der Waals surface area contributed by atoms with E-state index in [0.29, 0.717) is 11.0 Å². The second kappa shape index (κ2) is 5.98. The zero-order chi connectivity index (χ0) is 13.9. The molecule has 1 aliphatic heterocycles. The van der Waals surface area contributed by atoms with Gasteiger partial charge >= 0.3 is 0 Å². The first kappa shape index (κ1) is 13.7. The molecule has 5 heteroatoms. The minimum Gasteiger partial charge on any atom is -0.352 e. The normalized spacial score (nSPS) is 14.8. The van der Waals surface area contributed by atoms with Crippen LogP contribution in [0.3, 0.4) is 0 Å². The molecule has 0 spiro atoms. The van der Waals surface area contributed by atoms with Gasteiger partial charge in [0.05, 0.1) is 5.88 Å². The third-order valence-corrected chi connectivity index (χ3v) is 4.25. The van der Waals surface area contributed by atoms with Crippen molar-refractivity contribution in [3.8, 4) is 0 Å². The Balaban J connectivity index is 1.98. The second-order valence-corrected chi connectivity index (χ2v) is 5.52. The average molecular weight is 308 g/mol. The number of anilines is 1. The van der Waals surface area contributed by atoms with Crippen LogP contribution in [-0.2, 0) is 18.8 Å². The Labute approximate surface area is 128 Å². The number of rotatable bonds is 2. The van der Waals surface area contributed by atoms with Crippen LogP contribution < -0.4 is 4.90 Å². The molecule has 0 radical (unpaired) electrons. The quantitative estimate of drug-likeness (QED) is 0.624. The van der Waals surface area contributed by atoms with Crippen LogP contribution in [0.15, 0.2) is 30.6 Å². The molecule has 2 heterocycles. The SMILES string of the molecule is ClCc1c(Cl)ncnc1N1CCCc2ccccc2C1. The maximum atomic E-state index is 6.13. The number of alkyl halides is 1. The zero-order valence-electron chi connectivity index (χ0n) is 11.0. The fourth-order valence-electron chi connectivity index (χ4n) is 2.65. The number of benzene rings is 1. The number of aromatic nitrogens is 2. The lowest BCUT2D eigenvalue weighted by Gasteiger charge is -2.24. The molecule has 2 aromatic rings. The lowest BCUT2D eigenvalue weighted by Crippen LogP contribution is -2.25. The van der Waals surface area contributed by atoms with Crippen LogP contribution >= 0.6 is 23.2 Å². The summed E-state index contributed by atoms with van der Waals surface area (Å²) in [6.45, 7) is 1.79. The molecule has 3 nitrogen and oxygen atoms in total. The molecule has 0 aliphatic carbocycles. The summed E-state index contributed by atoms with van der Waals surface area (Å²) in [7, 11) is 0. The van der Waals surface area contributed by atoms with Crippen molar-refractivity contribution >= 4 is 29.0 Å². The first-order valence-corrected chi connectivity index (χ1v) is 7.58. The highest BCUT2D eigenvalue weighted by molar-refractivity contribution is 6.31. The number of hydrogen-bond donors (Lipinski definition) is 0. The molecule has 104 valence electrons. The number of halogens is 2. The molecule has 0 bridgehead atoms. The van der Waals surface area contributed by atoms with E-state index in [1.54, 1.807) is 0 Å². The Bertz CT molecular complexity index is 616. The van der Waals surface area contributed by atoms with Crippen molar-refractivity contribution in [2.75, 3.05) is 11.4 Å². The summed E-state index contributed by atoms with van der Waals surface area (Å²) >= 11 is 12.1. The molecule has 0 fully saturated rings.